The van der Waals surface area contributed by atoms with Crippen LogP contribution in [0.1, 0.15) is 46.1 Å². The molecule has 0 spiro atoms. The summed E-state index contributed by atoms with van der Waals surface area (Å²) in [6.07, 6.45) is 2.12. The second kappa shape index (κ2) is 10.3. The number of sulfonamides is 1. The molecular weight excluding hydrogens is 472 g/mol. The number of fused-ring (bicyclic) bond motifs is 1. The molecule has 0 bridgehead atoms. The van der Waals surface area contributed by atoms with Crippen LogP contribution in [0.5, 0.6) is 0 Å². The van der Waals surface area contributed by atoms with Gasteiger partial charge in [0.15, 0.2) is 0 Å². The third-order valence-corrected chi connectivity index (χ3v) is 9.48. The Balaban J connectivity index is 1.91. The summed E-state index contributed by atoms with van der Waals surface area (Å²) in [5, 5.41) is 0.533. The van der Waals surface area contributed by atoms with Crippen LogP contribution in [0, 0.1) is 0 Å². The lowest BCUT2D eigenvalue weighted by Gasteiger charge is -2.27. The van der Waals surface area contributed by atoms with E-state index in [1.54, 1.807) is 11.0 Å². The molecule has 1 aromatic carbocycles. The molecule has 32 heavy (non-hydrogen) atoms. The van der Waals surface area contributed by atoms with Crippen molar-refractivity contribution in [1.29, 1.82) is 0 Å². The van der Waals surface area contributed by atoms with Gasteiger partial charge >= 0.3 is 5.97 Å². The molecule has 0 fully saturated rings. The largest absolute Gasteiger partial charge is 0.465 e. The van der Waals surface area contributed by atoms with Crippen LogP contribution >= 0.6 is 22.9 Å². The Morgan fingerprint density at radius 1 is 1.28 bits per heavy atom. The minimum absolute atomic E-state index is 0.00615. The number of halogens is 1. The van der Waals surface area contributed by atoms with E-state index in [9.17, 15) is 18.0 Å². The molecule has 1 aliphatic rings. The van der Waals surface area contributed by atoms with Crippen LogP contribution in [0.3, 0.4) is 0 Å². The fraction of sp³-hybridized carbons (Fsp3) is 0.455. The van der Waals surface area contributed by atoms with Gasteiger partial charge in [-0.3, -0.25) is 4.79 Å². The van der Waals surface area contributed by atoms with Gasteiger partial charge in [-0.15, -0.1) is 11.3 Å². The van der Waals surface area contributed by atoms with E-state index in [0.717, 1.165) is 29.7 Å². The third-order valence-electron chi connectivity index (χ3n) is 5.54. The number of esters is 1. The molecule has 0 atom stereocenters. The summed E-state index contributed by atoms with van der Waals surface area (Å²) < 4.78 is 32.6. The summed E-state index contributed by atoms with van der Waals surface area (Å²) >= 11 is 7.24. The molecule has 0 radical (unpaired) electrons. The van der Waals surface area contributed by atoms with Crippen molar-refractivity contribution in [1.82, 2.24) is 9.21 Å². The maximum absolute atomic E-state index is 13.2. The van der Waals surface area contributed by atoms with Crippen LogP contribution in [-0.2, 0) is 38.9 Å². The highest BCUT2D eigenvalue weighted by Gasteiger charge is 2.36. The molecule has 7 nitrogen and oxygen atoms in total. The molecule has 0 saturated heterocycles. The lowest BCUT2D eigenvalue weighted by molar-refractivity contribution is -0.131. The van der Waals surface area contributed by atoms with E-state index in [1.807, 2.05) is 25.1 Å². The molecule has 1 aliphatic heterocycles. The zero-order chi connectivity index (χ0) is 23.5. The van der Waals surface area contributed by atoms with E-state index in [-0.39, 0.29) is 28.6 Å². The van der Waals surface area contributed by atoms with Gasteiger partial charge in [-0.05, 0) is 30.0 Å². The number of thiophene rings is 1. The Kier molecular flexibility index (Phi) is 7.97. The van der Waals surface area contributed by atoms with Crippen molar-refractivity contribution in [3.05, 3.63) is 50.9 Å². The second-order valence-corrected chi connectivity index (χ2v) is 11.4. The molecule has 0 unspecified atom stereocenters. The number of unbranched alkanes of at least 4 members (excludes halogenated alkanes) is 1. The van der Waals surface area contributed by atoms with Gasteiger partial charge in [-0.25, -0.2) is 17.5 Å². The van der Waals surface area contributed by atoms with E-state index in [1.165, 1.54) is 18.5 Å². The minimum Gasteiger partial charge on any atom is -0.465 e. The van der Waals surface area contributed by atoms with Crippen LogP contribution in [0.25, 0.3) is 0 Å². The van der Waals surface area contributed by atoms with Gasteiger partial charge < -0.3 is 9.64 Å². The maximum atomic E-state index is 13.2. The van der Waals surface area contributed by atoms with Crippen molar-refractivity contribution in [3.63, 3.8) is 0 Å². The smallest absolute Gasteiger partial charge is 0.340 e. The van der Waals surface area contributed by atoms with Crippen LogP contribution < -0.4 is 0 Å². The Hall–Kier alpha value is -1.94. The molecule has 2 heterocycles. The number of rotatable bonds is 8. The van der Waals surface area contributed by atoms with E-state index < -0.39 is 16.0 Å². The van der Waals surface area contributed by atoms with Crippen molar-refractivity contribution in [2.24, 2.45) is 0 Å². The van der Waals surface area contributed by atoms with Crippen LogP contribution in [0.2, 0.25) is 5.02 Å². The summed E-state index contributed by atoms with van der Waals surface area (Å²) in [6.45, 7) is 2.99. The number of carbonyl (C=O) groups excluding carboxylic acids is 2. The summed E-state index contributed by atoms with van der Waals surface area (Å²) in [5.41, 5.74) is 1.51. The van der Waals surface area contributed by atoms with E-state index in [2.05, 4.69) is 0 Å². The van der Waals surface area contributed by atoms with E-state index >= 15 is 0 Å². The molecule has 1 amide bonds. The molecule has 2 aromatic rings. The van der Waals surface area contributed by atoms with Crippen molar-refractivity contribution in [2.75, 3.05) is 27.2 Å². The lowest BCUT2D eigenvalue weighted by atomic mass is 10.0. The molecule has 0 N–H and O–H groups in total. The van der Waals surface area contributed by atoms with Gasteiger partial charge in [0.05, 0.1) is 25.6 Å². The number of amides is 1. The first-order valence-electron chi connectivity index (χ1n) is 10.4. The van der Waals surface area contributed by atoms with Gasteiger partial charge in [0.25, 0.3) is 10.0 Å². The normalized spacial score (nSPS) is 13.8. The van der Waals surface area contributed by atoms with Crippen molar-refractivity contribution in [3.8, 4) is 0 Å². The SMILES string of the molecule is CCCCN(C)S(=O)(=O)c1sc2c(c1C(=O)OC)CCN(C(=O)Cc1ccccc1Cl)C2. The zero-order valence-corrected chi connectivity index (χ0v) is 20.8. The number of methoxy groups -OCH3 is 1. The third kappa shape index (κ3) is 5.01. The predicted molar refractivity (Wildman–Crippen MR) is 125 cm³/mol. The number of nitrogens with zero attached hydrogens (tertiary/aromatic N) is 2. The highest BCUT2D eigenvalue weighted by molar-refractivity contribution is 7.91. The van der Waals surface area contributed by atoms with Crippen molar-refractivity contribution >= 4 is 44.8 Å². The van der Waals surface area contributed by atoms with Gasteiger partial charge in [-0.1, -0.05) is 43.1 Å². The Bertz CT molecular complexity index is 1110. The average Bonchev–Trinajstić information content (AvgIpc) is 3.18. The molecular formula is C22H27ClN2O5S2. The molecule has 174 valence electrons. The first-order valence-corrected chi connectivity index (χ1v) is 13.0. The maximum Gasteiger partial charge on any atom is 0.340 e. The molecule has 10 heteroatoms. The lowest BCUT2D eigenvalue weighted by Crippen LogP contribution is -2.36. The average molecular weight is 499 g/mol. The number of carbonyl (C=O) groups is 2. The highest BCUT2D eigenvalue weighted by atomic mass is 35.5. The summed E-state index contributed by atoms with van der Waals surface area (Å²) in [5.74, 6) is -0.762. The van der Waals surface area contributed by atoms with Gasteiger partial charge in [0, 0.05) is 30.0 Å². The number of hydrogen-bond acceptors (Lipinski definition) is 6. The predicted octanol–water partition coefficient (Wildman–Crippen LogP) is 3.74. The Labute approximate surface area is 198 Å². The fourth-order valence-corrected chi connectivity index (χ4v) is 7.14. The van der Waals surface area contributed by atoms with E-state index in [0.29, 0.717) is 35.0 Å². The van der Waals surface area contributed by atoms with Crippen LogP contribution in [0.4, 0.5) is 0 Å². The fourth-order valence-electron chi connectivity index (χ4n) is 3.64. The molecule has 1 aromatic heterocycles. The highest BCUT2D eigenvalue weighted by Crippen LogP contribution is 2.38. The van der Waals surface area contributed by atoms with Crippen LogP contribution in [0.15, 0.2) is 28.5 Å². The molecule has 0 saturated carbocycles. The monoisotopic (exact) mass is 498 g/mol. The molecule has 0 aliphatic carbocycles. The van der Waals surface area contributed by atoms with Gasteiger partial charge in [-0.2, -0.15) is 0 Å². The topological polar surface area (TPSA) is 84.0 Å². The zero-order valence-electron chi connectivity index (χ0n) is 18.4. The van der Waals surface area contributed by atoms with Gasteiger partial charge in [0.2, 0.25) is 5.91 Å². The van der Waals surface area contributed by atoms with Crippen LogP contribution in [-0.4, -0.2) is 56.7 Å². The first-order chi connectivity index (χ1) is 15.2. The summed E-state index contributed by atoms with van der Waals surface area (Å²) in [7, 11) is -1.09. The van der Waals surface area contributed by atoms with Gasteiger partial charge in [0.1, 0.15) is 4.21 Å². The number of ether oxygens (including phenoxy) is 1. The van der Waals surface area contributed by atoms with E-state index in [4.69, 9.17) is 16.3 Å². The quantitative estimate of drug-likeness (QED) is 0.518. The second-order valence-electron chi connectivity index (χ2n) is 7.67. The number of benzene rings is 1. The van der Waals surface area contributed by atoms with Crippen molar-refractivity contribution < 1.29 is 22.7 Å². The standard InChI is InChI=1S/C22H27ClN2O5S2/c1-4-5-11-24(2)32(28,29)22-20(21(27)30-3)16-10-12-25(14-18(16)31-22)19(26)13-15-8-6-7-9-17(15)23/h6-9H,4-5,10-14H2,1-3H3. The first kappa shape index (κ1) is 24.7. The number of hydrogen-bond donors (Lipinski definition) is 0. The Morgan fingerprint density at radius 2 is 2.00 bits per heavy atom. The molecule has 3 rings (SSSR count). The summed E-state index contributed by atoms with van der Waals surface area (Å²) in [4.78, 5) is 27.8. The minimum atomic E-state index is -3.85. The Morgan fingerprint density at radius 3 is 2.66 bits per heavy atom. The summed E-state index contributed by atoms with van der Waals surface area (Å²) in [6, 6.07) is 7.19. The van der Waals surface area contributed by atoms with Crippen molar-refractivity contribution in [2.45, 2.75) is 43.4 Å².